The average Bonchev–Trinajstić information content (AvgIpc) is 3.01. The Balaban J connectivity index is 1.19. The van der Waals surface area contributed by atoms with E-state index in [2.05, 4.69) is 39.8 Å². The molecule has 2 aliphatic rings. The van der Waals surface area contributed by atoms with Crippen molar-refractivity contribution in [2.24, 2.45) is 5.41 Å². The Morgan fingerprint density at radius 2 is 1.66 bits per heavy atom. The molecule has 0 atom stereocenters. The Morgan fingerprint density at radius 3 is 2.49 bits per heavy atom. The van der Waals surface area contributed by atoms with E-state index in [1.165, 1.54) is 0 Å². The molecule has 2 aromatic heterocycles. The molecule has 0 N–H and O–H groups in total. The van der Waals surface area contributed by atoms with Gasteiger partial charge < -0.3 is 14.4 Å². The Morgan fingerprint density at radius 1 is 0.902 bits per heavy atom. The fourth-order valence-corrected chi connectivity index (χ4v) is 5.77. The van der Waals surface area contributed by atoms with Gasteiger partial charge in [-0.1, -0.05) is 44.2 Å². The van der Waals surface area contributed by atoms with Crippen LogP contribution in [0.1, 0.15) is 55.6 Å². The van der Waals surface area contributed by atoms with Gasteiger partial charge in [0.2, 0.25) is 5.88 Å². The fourth-order valence-electron chi connectivity index (χ4n) is 5.77. The zero-order valence-corrected chi connectivity index (χ0v) is 23.8. The number of ether oxygens (including phenoxy) is 2. The number of hydrogen-bond donors (Lipinski definition) is 0. The first-order valence-corrected chi connectivity index (χ1v) is 14.5. The number of carbonyl (C=O) groups is 1. The highest BCUT2D eigenvalue weighted by Crippen LogP contribution is 2.35. The molecule has 8 nitrogen and oxygen atoms in total. The minimum atomic E-state index is -0.0463. The van der Waals surface area contributed by atoms with E-state index in [0.717, 1.165) is 61.1 Å². The number of piperidine rings is 1. The number of nitrogens with zero attached hydrogens (tertiary/aromatic N) is 5. The molecule has 0 spiro atoms. The molecule has 0 radical (unpaired) electrons. The normalized spacial score (nSPS) is 18.5. The van der Waals surface area contributed by atoms with Crippen molar-refractivity contribution in [2.75, 3.05) is 26.2 Å². The van der Waals surface area contributed by atoms with Gasteiger partial charge in [-0.05, 0) is 68.0 Å². The van der Waals surface area contributed by atoms with Gasteiger partial charge in [0.1, 0.15) is 5.69 Å². The molecular weight excluding hydrogens is 514 g/mol. The van der Waals surface area contributed by atoms with Crippen LogP contribution in [0, 0.1) is 5.41 Å². The Labute approximate surface area is 241 Å². The Hall–Kier alpha value is -4.04. The van der Waals surface area contributed by atoms with Crippen LogP contribution in [0.4, 0.5) is 0 Å². The molecule has 1 fully saturated rings. The van der Waals surface area contributed by atoms with E-state index >= 15 is 0 Å². The predicted molar refractivity (Wildman–Crippen MR) is 158 cm³/mol. The molecule has 0 aliphatic carbocycles. The smallest absolute Gasteiger partial charge is 0.274 e. The van der Waals surface area contributed by atoms with Crippen LogP contribution in [-0.4, -0.2) is 62.9 Å². The van der Waals surface area contributed by atoms with Gasteiger partial charge in [-0.3, -0.25) is 14.7 Å². The number of fused-ring (bicyclic) bond motifs is 3. The van der Waals surface area contributed by atoms with Crippen LogP contribution in [0.2, 0.25) is 0 Å². The van der Waals surface area contributed by atoms with Crippen LogP contribution >= 0.6 is 0 Å². The van der Waals surface area contributed by atoms with E-state index < -0.39 is 0 Å². The van der Waals surface area contributed by atoms with Crippen molar-refractivity contribution in [3.05, 3.63) is 84.3 Å². The van der Waals surface area contributed by atoms with E-state index in [0.29, 0.717) is 43.1 Å². The summed E-state index contributed by atoms with van der Waals surface area (Å²) in [5.74, 6) is 1.98. The minimum absolute atomic E-state index is 0.0224. The molecule has 0 unspecified atom stereocenters. The molecule has 2 aliphatic heterocycles. The van der Waals surface area contributed by atoms with E-state index in [-0.39, 0.29) is 11.3 Å². The van der Waals surface area contributed by atoms with Gasteiger partial charge in [-0.25, -0.2) is 9.97 Å². The lowest BCUT2D eigenvalue weighted by molar-refractivity contribution is 0.0589. The molecular formula is C33H37N5O3. The number of aromatic nitrogens is 3. The number of likely N-dealkylation sites (tertiary alicyclic amines) is 1. The highest BCUT2D eigenvalue weighted by Gasteiger charge is 2.30. The summed E-state index contributed by atoms with van der Waals surface area (Å²) >= 11 is 0. The summed E-state index contributed by atoms with van der Waals surface area (Å²) in [6.45, 7) is 8.21. The standard InChI is InChI=1S/C33H37N5O3/c1-33(2)16-8-18-38(22-24-9-7-17-34-31(24)41-30-13-6-5-12-29(30)40-23-33)25-14-19-37(20-15-25)32(39)28-21-35-26-10-3-4-11-27(26)36-28/h3-7,9-13,17,21,25H,8,14-16,18-20,22-23H2,1-2H3. The number of carbonyl (C=O) groups excluding carboxylic acids is 1. The third-order valence-corrected chi connectivity index (χ3v) is 8.13. The third kappa shape index (κ3) is 6.33. The van der Waals surface area contributed by atoms with Crippen LogP contribution < -0.4 is 9.47 Å². The summed E-state index contributed by atoms with van der Waals surface area (Å²) < 4.78 is 12.6. The highest BCUT2D eigenvalue weighted by molar-refractivity contribution is 5.93. The van der Waals surface area contributed by atoms with E-state index in [9.17, 15) is 4.79 Å². The SMILES string of the molecule is CC1(C)CCCN(C2CCN(C(=O)c3cnc4ccccc4n3)CC2)Cc2cccnc2Oc2ccccc2OC1. The van der Waals surface area contributed by atoms with Crippen LogP contribution in [0.15, 0.2) is 73.1 Å². The number of para-hydroxylation sites is 4. The summed E-state index contributed by atoms with van der Waals surface area (Å²) in [4.78, 5) is 31.4. The number of pyridine rings is 1. The third-order valence-electron chi connectivity index (χ3n) is 8.13. The van der Waals surface area contributed by atoms with Gasteiger partial charge in [0.05, 0.1) is 23.8 Å². The molecule has 212 valence electrons. The lowest BCUT2D eigenvalue weighted by Crippen LogP contribution is -2.47. The van der Waals surface area contributed by atoms with Crippen LogP contribution in [0.25, 0.3) is 11.0 Å². The van der Waals surface area contributed by atoms with Crippen LogP contribution in [0.5, 0.6) is 17.4 Å². The molecule has 1 saturated heterocycles. The summed E-state index contributed by atoms with van der Waals surface area (Å²) in [5.41, 5.74) is 3.02. The zero-order chi connectivity index (χ0) is 28.2. The van der Waals surface area contributed by atoms with E-state index in [1.54, 1.807) is 12.4 Å². The molecule has 0 saturated carbocycles. The largest absolute Gasteiger partial charge is 0.489 e. The topological polar surface area (TPSA) is 80.7 Å². The van der Waals surface area contributed by atoms with Crippen molar-refractivity contribution in [2.45, 2.75) is 52.1 Å². The van der Waals surface area contributed by atoms with Gasteiger partial charge in [-0.15, -0.1) is 0 Å². The van der Waals surface area contributed by atoms with Crippen LogP contribution in [0.3, 0.4) is 0 Å². The average molecular weight is 552 g/mol. The second kappa shape index (κ2) is 11.8. The molecule has 0 bridgehead atoms. The second-order valence-electron chi connectivity index (χ2n) is 11.8. The van der Waals surface area contributed by atoms with Gasteiger partial charge in [0.25, 0.3) is 5.91 Å². The Kier molecular flexibility index (Phi) is 7.83. The molecule has 6 rings (SSSR count). The molecule has 1 amide bonds. The monoisotopic (exact) mass is 551 g/mol. The summed E-state index contributed by atoms with van der Waals surface area (Å²) in [7, 11) is 0. The lowest BCUT2D eigenvalue weighted by atomic mass is 9.88. The van der Waals surface area contributed by atoms with Gasteiger partial charge >= 0.3 is 0 Å². The highest BCUT2D eigenvalue weighted by atomic mass is 16.5. The maximum atomic E-state index is 13.3. The predicted octanol–water partition coefficient (Wildman–Crippen LogP) is 6.12. The first-order chi connectivity index (χ1) is 19.9. The lowest BCUT2D eigenvalue weighted by Gasteiger charge is -2.39. The summed E-state index contributed by atoms with van der Waals surface area (Å²) in [5, 5.41) is 0. The van der Waals surface area contributed by atoms with Crippen molar-refractivity contribution in [1.82, 2.24) is 24.8 Å². The molecule has 4 aromatic rings. The van der Waals surface area contributed by atoms with E-state index in [1.807, 2.05) is 59.5 Å². The summed E-state index contributed by atoms with van der Waals surface area (Å²) in [6, 6.07) is 19.9. The molecule has 8 heteroatoms. The Bertz CT molecular complexity index is 1520. The molecule has 2 aromatic carbocycles. The first-order valence-electron chi connectivity index (χ1n) is 14.5. The molecule has 4 heterocycles. The number of rotatable bonds is 2. The van der Waals surface area contributed by atoms with Gasteiger partial charge in [-0.2, -0.15) is 0 Å². The second-order valence-corrected chi connectivity index (χ2v) is 11.8. The van der Waals surface area contributed by atoms with Crippen LogP contribution in [-0.2, 0) is 6.54 Å². The zero-order valence-electron chi connectivity index (χ0n) is 23.8. The van der Waals surface area contributed by atoms with Crippen molar-refractivity contribution in [1.29, 1.82) is 0 Å². The van der Waals surface area contributed by atoms with E-state index in [4.69, 9.17) is 9.47 Å². The van der Waals surface area contributed by atoms with Gasteiger partial charge in [0, 0.05) is 37.4 Å². The van der Waals surface area contributed by atoms with Crippen molar-refractivity contribution >= 4 is 16.9 Å². The summed E-state index contributed by atoms with van der Waals surface area (Å²) in [6.07, 6.45) is 7.28. The minimum Gasteiger partial charge on any atom is -0.489 e. The molecule has 41 heavy (non-hydrogen) atoms. The van der Waals surface area contributed by atoms with Crippen molar-refractivity contribution in [3.63, 3.8) is 0 Å². The van der Waals surface area contributed by atoms with Crippen molar-refractivity contribution in [3.8, 4) is 17.4 Å². The first kappa shape index (κ1) is 27.1. The number of amides is 1. The maximum absolute atomic E-state index is 13.3. The quantitative estimate of drug-likeness (QED) is 0.297. The number of benzene rings is 2. The fraction of sp³-hybridized carbons (Fsp3) is 0.394. The maximum Gasteiger partial charge on any atom is 0.274 e. The van der Waals surface area contributed by atoms with Gasteiger partial charge in [0.15, 0.2) is 11.5 Å². The number of hydrogen-bond acceptors (Lipinski definition) is 7. The van der Waals surface area contributed by atoms with Crippen molar-refractivity contribution < 1.29 is 14.3 Å².